The van der Waals surface area contributed by atoms with E-state index in [0.29, 0.717) is 38.1 Å². The molecule has 8 nitrogen and oxygen atoms in total. The highest BCUT2D eigenvalue weighted by Crippen LogP contribution is 2.45. The average molecular weight is 554 g/mol. The van der Waals surface area contributed by atoms with Crippen LogP contribution in [-0.4, -0.2) is 64.8 Å². The van der Waals surface area contributed by atoms with Crippen LogP contribution in [0.25, 0.3) is 33.3 Å². The Hall–Kier alpha value is -4.17. The van der Waals surface area contributed by atoms with Crippen LogP contribution in [0, 0.1) is 0 Å². The number of carbonyl (C=O) groups is 2. The van der Waals surface area contributed by atoms with E-state index in [1.165, 1.54) is 12.0 Å². The van der Waals surface area contributed by atoms with Crippen molar-refractivity contribution >= 4 is 22.8 Å². The zero-order valence-corrected chi connectivity index (χ0v) is 23.3. The van der Waals surface area contributed by atoms with Crippen molar-refractivity contribution in [2.45, 2.75) is 44.6 Å². The number of nitrogens with zero attached hydrogens (tertiary/aromatic N) is 3. The molecule has 1 aliphatic heterocycles. The molecule has 2 aliphatic rings. The number of pyridine rings is 1. The monoisotopic (exact) mass is 553 g/mol. The summed E-state index contributed by atoms with van der Waals surface area (Å²) in [6.07, 6.45) is 7.42. The Morgan fingerprint density at radius 1 is 1.00 bits per heavy atom. The first-order valence-corrected chi connectivity index (χ1v) is 14.4. The number of hydrogen-bond donors (Lipinski definition) is 1. The first-order chi connectivity index (χ1) is 20.0. The van der Waals surface area contributed by atoms with Crippen LogP contribution in [0.3, 0.4) is 0 Å². The Bertz CT molecular complexity index is 1560. The molecular formula is C33H35N3O5. The van der Waals surface area contributed by atoms with Crippen LogP contribution in [0.1, 0.15) is 53.9 Å². The average Bonchev–Trinajstić information content (AvgIpc) is 3.35. The fourth-order valence-corrected chi connectivity index (χ4v) is 6.42. The molecule has 0 spiro atoms. The molecule has 1 aliphatic carbocycles. The molecule has 2 aromatic heterocycles. The summed E-state index contributed by atoms with van der Waals surface area (Å²) in [4.78, 5) is 31.8. The number of methoxy groups -OCH3 is 1. The normalized spacial score (nSPS) is 16.2. The largest absolute Gasteiger partial charge is 0.481 e. The number of aromatic carboxylic acids is 1. The Morgan fingerprint density at radius 2 is 1.73 bits per heavy atom. The lowest BCUT2D eigenvalue weighted by molar-refractivity contribution is -0.135. The number of amides is 1. The van der Waals surface area contributed by atoms with Crippen molar-refractivity contribution in [2.75, 3.05) is 33.4 Å². The van der Waals surface area contributed by atoms with Crippen LogP contribution in [0.4, 0.5) is 0 Å². The zero-order valence-electron chi connectivity index (χ0n) is 23.3. The molecule has 41 heavy (non-hydrogen) atoms. The minimum Gasteiger partial charge on any atom is -0.481 e. The number of carbonyl (C=O) groups excluding carboxylic acids is 1. The maximum Gasteiger partial charge on any atom is 0.335 e. The third-order valence-corrected chi connectivity index (χ3v) is 8.46. The number of carboxylic acids is 1. The number of carboxylic acid groups (broad SMARTS) is 1. The van der Waals surface area contributed by atoms with Gasteiger partial charge in [0.05, 0.1) is 37.1 Å². The summed E-state index contributed by atoms with van der Waals surface area (Å²) in [5, 5.41) is 10.9. The Balaban J connectivity index is 1.53. The minimum absolute atomic E-state index is 0.0130. The first kappa shape index (κ1) is 27.0. The highest BCUT2D eigenvalue weighted by atomic mass is 16.5. The maximum absolute atomic E-state index is 13.6. The summed E-state index contributed by atoms with van der Waals surface area (Å²) in [5.41, 5.74) is 6.12. The standard InChI is InChI=1S/C33H35N3O5/c1-40-32-26(8-5-15-34-32)22-9-11-24(12-10-22)31-30(23-6-3-2-4-7-23)27-14-13-25(33(38)39)20-28(27)36(31)21-29(37)35-16-18-41-19-17-35/h5,8-15,20,23H,2-4,6-7,16-19,21H2,1H3,(H,38,39). The summed E-state index contributed by atoms with van der Waals surface area (Å²) in [6, 6.07) is 17.6. The molecule has 1 amide bonds. The third kappa shape index (κ3) is 5.32. The molecule has 0 bridgehead atoms. The van der Waals surface area contributed by atoms with Crippen molar-refractivity contribution in [3.8, 4) is 28.3 Å². The molecule has 1 saturated carbocycles. The summed E-state index contributed by atoms with van der Waals surface area (Å²) >= 11 is 0. The number of fused-ring (bicyclic) bond motifs is 1. The third-order valence-electron chi connectivity index (χ3n) is 8.46. The Labute approximate surface area is 239 Å². The van der Waals surface area contributed by atoms with Gasteiger partial charge in [-0.1, -0.05) is 49.6 Å². The zero-order chi connectivity index (χ0) is 28.3. The van der Waals surface area contributed by atoms with Crippen LogP contribution >= 0.6 is 0 Å². The Morgan fingerprint density at radius 3 is 2.44 bits per heavy atom. The van der Waals surface area contributed by atoms with Crippen molar-refractivity contribution in [1.82, 2.24) is 14.5 Å². The molecule has 8 heteroatoms. The van der Waals surface area contributed by atoms with Gasteiger partial charge in [0.15, 0.2) is 0 Å². The quantitative estimate of drug-likeness (QED) is 0.302. The van der Waals surface area contributed by atoms with Crippen molar-refractivity contribution < 1.29 is 24.2 Å². The predicted molar refractivity (Wildman–Crippen MR) is 157 cm³/mol. The van der Waals surface area contributed by atoms with Crippen LogP contribution < -0.4 is 4.74 Å². The lowest BCUT2D eigenvalue weighted by Gasteiger charge is -2.28. The van der Waals surface area contributed by atoms with Gasteiger partial charge in [-0.15, -0.1) is 0 Å². The molecule has 1 saturated heterocycles. The van der Waals surface area contributed by atoms with Gasteiger partial charge in [-0.3, -0.25) is 4.79 Å². The molecule has 2 fully saturated rings. The van der Waals surface area contributed by atoms with Gasteiger partial charge in [0.2, 0.25) is 11.8 Å². The summed E-state index contributed by atoms with van der Waals surface area (Å²) in [6.45, 7) is 2.32. The fourth-order valence-electron chi connectivity index (χ4n) is 6.42. The van der Waals surface area contributed by atoms with Crippen LogP contribution in [-0.2, 0) is 16.1 Å². The SMILES string of the molecule is COc1ncccc1-c1ccc(-c2c(C3CCCCC3)c3ccc(C(=O)O)cc3n2CC(=O)N2CCOCC2)cc1. The lowest BCUT2D eigenvalue weighted by atomic mass is 9.81. The van der Waals surface area contributed by atoms with Crippen LogP contribution in [0.15, 0.2) is 60.8 Å². The van der Waals surface area contributed by atoms with E-state index in [2.05, 4.69) is 33.8 Å². The van der Waals surface area contributed by atoms with Crippen molar-refractivity contribution in [3.63, 3.8) is 0 Å². The highest BCUT2D eigenvalue weighted by Gasteiger charge is 2.29. The number of rotatable bonds is 7. The molecule has 1 N–H and O–H groups in total. The lowest BCUT2D eigenvalue weighted by Crippen LogP contribution is -2.42. The topological polar surface area (TPSA) is 93.9 Å². The van der Waals surface area contributed by atoms with Crippen molar-refractivity contribution in [3.05, 3.63) is 71.9 Å². The number of morpholine rings is 1. The maximum atomic E-state index is 13.6. The highest BCUT2D eigenvalue weighted by molar-refractivity contribution is 5.99. The molecule has 2 aromatic carbocycles. The summed E-state index contributed by atoms with van der Waals surface area (Å²) in [5.74, 6) is -0.0573. The predicted octanol–water partition coefficient (Wildman–Crippen LogP) is 5.98. The van der Waals surface area contributed by atoms with E-state index in [1.807, 2.05) is 23.1 Å². The second-order valence-electron chi connectivity index (χ2n) is 10.9. The van der Waals surface area contributed by atoms with Gasteiger partial charge in [0.25, 0.3) is 0 Å². The number of hydrogen-bond acceptors (Lipinski definition) is 5. The van der Waals surface area contributed by atoms with Crippen molar-refractivity contribution in [1.29, 1.82) is 0 Å². The van der Waals surface area contributed by atoms with Crippen LogP contribution in [0.5, 0.6) is 5.88 Å². The summed E-state index contributed by atoms with van der Waals surface area (Å²) in [7, 11) is 1.62. The van der Waals surface area contributed by atoms with Gasteiger partial charge in [0, 0.05) is 30.2 Å². The van der Waals surface area contributed by atoms with E-state index in [-0.39, 0.29) is 18.0 Å². The molecule has 0 radical (unpaired) electrons. The Kier molecular flexibility index (Phi) is 7.74. The molecule has 212 valence electrons. The van der Waals surface area contributed by atoms with E-state index in [0.717, 1.165) is 59.0 Å². The van der Waals surface area contributed by atoms with Gasteiger partial charge < -0.3 is 24.0 Å². The number of benzene rings is 2. The second-order valence-corrected chi connectivity index (χ2v) is 10.9. The fraction of sp³-hybridized carbons (Fsp3) is 0.364. The van der Waals surface area contributed by atoms with Gasteiger partial charge in [-0.05, 0) is 59.7 Å². The minimum atomic E-state index is -0.977. The van der Waals surface area contributed by atoms with E-state index in [4.69, 9.17) is 9.47 Å². The molecule has 4 aromatic rings. The molecule has 6 rings (SSSR count). The van der Waals surface area contributed by atoms with Gasteiger partial charge in [-0.2, -0.15) is 0 Å². The van der Waals surface area contributed by atoms with Gasteiger partial charge in [0.1, 0.15) is 6.54 Å². The van der Waals surface area contributed by atoms with Gasteiger partial charge in [-0.25, -0.2) is 9.78 Å². The molecule has 0 atom stereocenters. The molecular weight excluding hydrogens is 518 g/mol. The van der Waals surface area contributed by atoms with E-state index in [9.17, 15) is 14.7 Å². The smallest absolute Gasteiger partial charge is 0.335 e. The van der Waals surface area contributed by atoms with E-state index >= 15 is 0 Å². The number of ether oxygens (including phenoxy) is 2. The second kappa shape index (κ2) is 11.7. The van der Waals surface area contributed by atoms with Crippen molar-refractivity contribution in [2.24, 2.45) is 0 Å². The number of aromatic nitrogens is 2. The van der Waals surface area contributed by atoms with Crippen LogP contribution in [0.2, 0.25) is 0 Å². The first-order valence-electron chi connectivity index (χ1n) is 14.4. The summed E-state index contributed by atoms with van der Waals surface area (Å²) < 4.78 is 13.0. The van der Waals surface area contributed by atoms with E-state index in [1.54, 1.807) is 25.4 Å². The van der Waals surface area contributed by atoms with E-state index < -0.39 is 5.97 Å². The molecule has 3 heterocycles. The molecule has 0 unspecified atom stereocenters. The van der Waals surface area contributed by atoms with Gasteiger partial charge >= 0.3 is 5.97 Å².